The van der Waals surface area contributed by atoms with Crippen molar-refractivity contribution < 1.29 is 0 Å². The molecule has 0 aliphatic rings. The Morgan fingerprint density at radius 1 is 1.41 bits per heavy atom. The number of hydrogen-bond acceptors (Lipinski definition) is 3. The second-order valence-corrected chi connectivity index (χ2v) is 5.15. The van der Waals surface area contributed by atoms with Crippen LogP contribution in [-0.2, 0) is 0 Å². The molecule has 96 valence electrons. The van der Waals surface area contributed by atoms with Crippen LogP contribution in [0, 0.1) is 5.92 Å². The second kappa shape index (κ2) is 6.82. The van der Waals surface area contributed by atoms with Gasteiger partial charge in [0.2, 0.25) is 0 Å². The van der Waals surface area contributed by atoms with Gasteiger partial charge in [0.25, 0.3) is 0 Å². The molecule has 1 unspecified atom stereocenters. The van der Waals surface area contributed by atoms with Gasteiger partial charge < -0.3 is 11.1 Å². The van der Waals surface area contributed by atoms with Crippen LogP contribution in [0.5, 0.6) is 0 Å². The van der Waals surface area contributed by atoms with Gasteiger partial charge in [-0.3, -0.25) is 0 Å². The second-order valence-electron chi connectivity index (χ2n) is 4.71. The van der Waals surface area contributed by atoms with Crippen LogP contribution >= 0.6 is 11.6 Å². The summed E-state index contributed by atoms with van der Waals surface area (Å²) in [4.78, 5) is 4.11. The van der Waals surface area contributed by atoms with E-state index in [1.807, 2.05) is 6.07 Å². The Kier molecular flexibility index (Phi) is 5.72. The highest BCUT2D eigenvalue weighted by atomic mass is 35.5. The third-order valence-corrected chi connectivity index (χ3v) is 2.98. The van der Waals surface area contributed by atoms with Crippen molar-refractivity contribution in [2.24, 2.45) is 5.92 Å². The Bertz CT molecular complexity index is 353. The molecule has 17 heavy (non-hydrogen) atoms. The lowest BCUT2D eigenvalue weighted by molar-refractivity contribution is 0.449. The highest BCUT2D eigenvalue weighted by Gasteiger charge is 2.15. The molecule has 3 nitrogen and oxygen atoms in total. The summed E-state index contributed by atoms with van der Waals surface area (Å²) in [6.45, 7) is 7.45. The van der Waals surface area contributed by atoms with Crippen LogP contribution in [0.3, 0.4) is 0 Å². The number of halogens is 1. The summed E-state index contributed by atoms with van der Waals surface area (Å²) in [5.41, 5.74) is 6.93. The molecule has 1 atom stereocenters. The first-order chi connectivity index (χ1) is 8.04. The number of hydrogen-bond donors (Lipinski definition) is 2. The summed E-state index contributed by atoms with van der Waals surface area (Å²) < 4.78 is 0. The highest BCUT2D eigenvalue weighted by Crippen LogP contribution is 2.26. The maximum Gasteiger partial charge on any atom is 0.128 e. The number of nitrogens with zero attached hydrogens (tertiary/aromatic N) is 1. The first-order valence-electron chi connectivity index (χ1n) is 6.18. The molecule has 0 aromatic carbocycles. The van der Waals surface area contributed by atoms with Gasteiger partial charge in [0, 0.05) is 17.8 Å². The maximum atomic E-state index is 5.98. The zero-order valence-corrected chi connectivity index (χ0v) is 11.6. The third kappa shape index (κ3) is 4.52. The van der Waals surface area contributed by atoms with Crippen molar-refractivity contribution in [2.75, 3.05) is 12.3 Å². The summed E-state index contributed by atoms with van der Waals surface area (Å²) in [6, 6.07) is 2.16. The fourth-order valence-corrected chi connectivity index (χ4v) is 2.02. The Labute approximate surface area is 109 Å². The Hall–Kier alpha value is -0.800. The van der Waals surface area contributed by atoms with Crippen LogP contribution in [0.15, 0.2) is 12.3 Å². The van der Waals surface area contributed by atoms with Crippen molar-refractivity contribution >= 4 is 17.4 Å². The van der Waals surface area contributed by atoms with E-state index < -0.39 is 0 Å². The van der Waals surface area contributed by atoms with Crippen LogP contribution in [0.25, 0.3) is 0 Å². The number of nitrogen functional groups attached to an aromatic ring is 1. The largest absolute Gasteiger partial charge is 0.383 e. The molecule has 3 N–H and O–H groups in total. The number of anilines is 1. The highest BCUT2D eigenvalue weighted by molar-refractivity contribution is 6.30. The van der Waals surface area contributed by atoms with E-state index in [9.17, 15) is 0 Å². The maximum absolute atomic E-state index is 5.98. The van der Waals surface area contributed by atoms with Crippen LogP contribution in [0.4, 0.5) is 5.82 Å². The number of rotatable bonds is 6. The molecule has 0 spiro atoms. The van der Waals surface area contributed by atoms with Crippen molar-refractivity contribution in [3.63, 3.8) is 0 Å². The minimum atomic E-state index is 0.244. The topological polar surface area (TPSA) is 50.9 Å². The minimum absolute atomic E-state index is 0.244. The molecule has 4 heteroatoms. The smallest absolute Gasteiger partial charge is 0.128 e. The Morgan fingerprint density at radius 2 is 2.12 bits per heavy atom. The quantitative estimate of drug-likeness (QED) is 0.819. The molecule has 0 amide bonds. The molecule has 0 aliphatic heterocycles. The van der Waals surface area contributed by atoms with Gasteiger partial charge in [-0.1, -0.05) is 32.4 Å². The zero-order valence-electron chi connectivity index (χ0n) is 10.8. The van der Waals surface area contributed by atoms with Gasteiger partial charge in [-0.05, 0) is 31.4 Å². The summed E-state index contributed by atoms with van der Waals surface area (Å²) in [6.07, 6.45) is 3.80. The molecule has 1 aromatic rings. The first-order valence-corrected chi connectivity index (χ1v) is 6.56. The number of nitrogens with two attached hydrogens (primary N) is 1. The first kappa shape index (κ1) is 14.3. The number of nitrogens with one attached hydrogen (secondary N) is 1. The molecule has 0 aliphatic carbocycles. The predicted molar refractivity (Wildman–Crippen MR) is 74.1 cm³/mol. The average molecular weight is 256 g/mol. The lowest BCUT2D eigenvalue weighted by Gasteiger charge is -2.20. The molecule has 0 saturated carbocycles. The van der Waals surface area contributed by atoms with Crippen LogP contribution in [-0.4, -0.2) is 11.5 Å². The molecule has 1 aromatic heterocycles. The fourth-order valence-electron chi connectivity index (χ4n) is 1.86. The Morgan fingerprint density at radius 3 is 2.71 bits per heavy atom. The molecular formula is C13H22ClN3. The Balaban J connectivity index is 2.84. The fraction of sp³-hybridized carbons (Fsp3) is 0.615. The number of aromatic nitrogens is 1. The molecule has 0 fully saturated rings. The van der Waals surface area contributed by atoms with E-state index in [1.54, 1.807) is 6.20 Å². The van der Waals surface area contributed by atoms with Gasteiger partial charge in [-0.25, -0.2) is 4.98 Å². The van der Waals surface area contributed by atoms with E-state index in [2.05, 4.69) is 31.1 Å². The molecule has 1 heterocycles. The standard InChI is InChI=1S/C13H22ClN3/c1-4-16-12(6-5-9(2)3)11-7-10(14)8-17-13(11)15/h7-9,12,16H,4-6H2,1-3H3,(H2,15,17). The van der Waals surface area contributed by atoms with E-state index >= 15 is 0 Å². The monoisotopic (exact) mass is 255 g/mol. The van der Waals surface area contributed by atoms with Crippen molar-refractivity contribution in [3.05, 3.63) is 22.8 Å². The normalized spacial score (nSPS) is 13.0. The van der Waals surface area contributed by atoms with Gasteiger partial charge in [-0.15, -0.1) is 0 Å². The van der Waals surface area contributed by atoms with Crippen LogP contribution in [0.1, 0.15) is 45.2 Å². The van der Waals surface area contributed by atoms with Crippen molar-refractivity contribution in [1.82, 2.24) is 10.3 Å². The van der Waals surface area contributed by atoms with Gasteiger partial charge in [0.1, 0.15) is 5.82 Å². The van der Waals surface area contributed by atoms with Gasteiger partial charge in [0.05, 0.1) is 5.02 Å². The van der Waals surface area contributed by atoms with E-state index in [-0.39, 0.29) is 6.04 Å². The summed E-state index contributed by atoms with van der Waals surface area (Å²) >= 11 is 5.98. The van der Waals surface area contributed by atoms with E-state index in [4.69, 9.17) is 17.3 Å². The van der Waals surface area contributed by atoms with E-state index in [0.717, 1.165) is 24.9 Å². The zero-order chi connectivity index (χ0) is 12.8. The lowest BCUT2D eigenvalue weighted by Crippen LogP contribution is -2.22. The van der Waals surface area contributed by atoms with Crippen molar-refractivity contribution in [2.45, 2.75) is 39.7 Å². The van der Waals surface area contributed by atoms with E-state index in [0.29, 0.717) is 16.8 Å². The van der Waals surface area contributed by atoms with E-state index in [1.165, 1.54) is 0 Å². The summed E-state index contributed by atoms with van der Waals surface area (Å²) in [5, 5.41) is 4.08. The van der Waals surface area contributed by atoms with Gasteiger partial charge in [0.15, 0.2) is 0 Å². The minimum Gasteiger partial charge on any atom is -0.383 e. The average Bonchev–Trinajstić information content (AvgIpc) is 2.27. The lowest BCUT2D eigenvalue weighted by atomic mass is 9.98. The molecular weight excluding hydrogens is 234 g/mol. The van der Waals surface area contributed by atoms with Crippen LogP contribution in [0.2, 0.25) is 5.02 Å². The molecule has 0 radical (unpaired) electrons. The third-order valence-electron chi connectivity index (χ3n) is 2.77. The summed E-state index contributed by atoms with van der Waals surface area (Å²) in [7, 11) is 0. The summed E-state index contributed by atoms with van der Waals surface area (Å²) in [5.74, 6) is 1.26. The molecule has 1 rings (SSSR count). The number of pyridine rings is 1. The van der Waals surface area contributed by atoms with Crippen LogP contribution < -0.4 is 11.1 Å². The molecule has 0 saturated heterocycles. The predicted octanol–water partition coefficient (Wildman–Crippen LogP) is 3.40. The van der Waals surface area contributed by atoms with Gasteiger partial charge >= 0.3 is 0 Å². The molecule has 0 bridgehead atoms. The SMILES string of the molecule is CCNC(CCC(C)C)c1cc(Cl)cnc1N. The van der Waals surface area contributed by atoms with Crippen molar-refractivity contribution in [3.8, 4) is 0 Å². The van der Waals surface area contributed by atoms with Crippen molar-refractivity contribution in [1.29, 1.82) is 0 Å². The van der Waals surface area contributed by atoms with Gasteiger partial charge in [-0.2, -0.15) is 0 Å².